The molecule has 0 radical (unpaired) electrons. The summed E-state index contributed by atoms with van der Waals surface area (Å²) in [7, 11) is 0. The van der Waals surface area contributed by atoms with E-state index in [-0.39, 0.29) is 11.3 Å². The van der Waals surface area contributed by atoms with Gasteiger partial charge in [-0.15, -0.1) is 0 Å². The molecule has 0 unspecified atom stereocenters. The van der Waals surface area contributed by atoms with Crippen LogP contribution in [-0.2, 0) is 4.79 Å². The number of likely N-dealkylation sites (tertiary alicyclic amines) is 1. The number of hydrogen-bond donors (Lipinski definition) is 1. The molecule has 4 rings (SSSR count). The number of hydrogen-bond acceptors (Lipinski definition) is 4. The van der Waals surface area contributed by atoms with Gasteiger partial charge in [0.1, 0.15) is 0 Å². The monoisotopic (exact) mass is 384 g/mol. The van der Waals surface area contributed by atoms with E-state index in [1.165, 1.54) is 22.9 Å². The lowest BCUT2D eigenvalue weighted by molar-refractivity contribution is -0.129. The van der Waals surface area contributed by atoms with E-state index >= 15 is 0 Å². The maximum Gasteiger partial charge on any atom is 0.233 e. The zero-order chi connectivity index (χ0) is 19.2. The lowest BCUT2D eigenvalue weighted by Crippen LogP contribution is -2.38. The summed E-state index contributed by atoms with van der Waals surface area (Å²) in [5.41, 5.74) is 2.44. The summed E-state index contributed by atoms with van der Waals surface area (Å²) >= 11 is 1.43. The van der Waals surface area contributed by atoms with Gasteiger partial charge in [-0.2, -0.15) is 0 Å². The molecule has 2 heterocycles. The first-order chi connectivity index (χ1) is 12.7. The minimum Gasteiger partial charge on any atom is -0.338 e. The number of thioether (sulfide) groups is 1. The first-order valence-corrected chi connectivity index (χ1v) is 10.6. The number of fused-ring (bicyclic) bond motifs is 2. The molecule has 144 valence electrons. The summed E-state index contributed by atoms with van der Waals surface area (Å²) in [6, 6.07) is 10.3. The number of benzene rings is 1. The Bertz CT molecular complexity index is 847. The van der Waals surface area contributed by atoms with Crippen LogP contribution in [0.2, 0.25) is 0 Å². The molecule has 1 saturated carbocycles. The molecule has 2 aromatic rings. The average molecular weight is 385 g/mol. The molecule has 6 heteroatoms. The minimum atomic E-state index is 0.204. The third-order valence-electron chi connectivity index (χ3n) is 5.83. The fraction of sp³-hybridized carbons (Fsp3) is 0.524. The zero-order valence-electron chi connectivity index (χ0n) is 16.3. The fourth-order valence-electron chi connectivity index (χ4n) is 5.19. The number of aromatic nitrogens is 2. The summed E-state index contributed by atoms with van der Waals surface area (Å²) < 4.78 is 1.52. The van der Waals surface area contributed by atoms with Crippen molar-refractivity contribution >= 4 is 17.7 Å². The molecule has 1 aliphatic carbocycles. The average Bonchev–Trinajstić information content (AvgIpc) is 3.09. The second-order valence-corrected chi connectivity index (χ2v) is 10.1. The highest BCUT2D eigenvalue weighted by molar-refractivity contribution is 7.99. The van der Waals surface area contributed by atoms with Crippen molar-refractivity contribution in [2.75, 3.05) is 18.1 Å². The van der Waals surface area contributed by atoms with Crippen molar-refractivity contribution in [1.82, 2.24) is 14.6 Å². The number of amides is 1. The Labute approximate surface area is 165 Å². The van der Waals surface area contributed by atoms with E-state index in [0.29, 0.717) is 22.4 Å². The predicted molar refractivity (Wildman–Crippen MR) is 110 cm³/mol. The van der Waals surface area contributed by atoms with Gasteiger partial charge in [-0.25, -0.2) is 9.66 Å². The largest absolute Gasteiger partial charge is 0.338 e. The van der Waals surface area contributed by atoms with Crippen molar-refractivity contribution in [2.45, 2.75) is 51.2 Å². The summed E-state index contributed by atoms with van der Waals surface area (Å²) in [5, 5.41) is 0.677. The molecule has 2 bridgehead atoms. The van der Waals surface area contributed by atoms with Gasteiger partial charge in [0.05, 0.1) is 17.6 Å². The molecule has 27 heavy (non-hydrogen) atoms. The van der Waals surface area contributed by atoms with Crippen LogP contribution in [0.5, 0.6) is 0 Å². The van der Waals surface area contributed by atoms with Gasteiger partial charge in [0.2, 0.25) is 5.91 Å². The van der Waals surface area contributed by atoms with Gasteiger partial charge >= 0.3 is 0 Å². The summed E-state index contributed by atoms with van der Waals surface area (Å²) in [4.78, 5) is 19.7. The highest BCUT2D eigenvalue weighted by Gasteiger charge is 2.50. The normalized spacial score (nSPS) is 26.3. The number of carbonyl (C=O) groups is 1. The highest BCUT2D eigenvalue weighted by Crippen LogP contribution is 2.52. The van der Waals surface area contributed by atoms with Crippen LogP contribution in [-0.4, -0.2) is 38.8 Å². The first-order valence-electron chi connectivity index (χ1n) is 9.57. The molecule has 1 aromatic heterocycles. The molecule has 1 aromatic carbocycles. The number of rotatable bonds is 4. The number of imidazole rings is 1. The van der Waals surface area contributed by atoms with E-state index in [0.717, 1.165) is 30.6 Å². The second kappa shape index (κ2) is 6.59. The minimum absolute atomic E-state index is 0.204. The van der Waals surface area contributed by atoms with Gasteiger partial charge in [-0.1, -0.05) is 62.9 Å². The van der Waals surface area contributed by atoms with Crippen LogP contribution in [0.25, 0.3) is 11.3 Å². The first kappa shape index (κ1) is 18.4. The van der Waals surface area contributed by atoms with Crippen molar-refractivity contribution in [3.63, 3.8) is 0 Å². The lowest BCUT2D eigenvalue weighted by Gasteiger charge is -2.39. The van der Waals surface area contributed by atoms with Crippen LogP contribution in [0.3, 0.4) is 0 Å². The highest BCUT2D eigenvalue weighted by atomic mass is 32.2. The van der Waals surface area contributed by atoms with Crippen molar-refractivity contribution in [2.24, 2.45) is 10.8 Å². The van der Waals surface area contributed by atoms with Crippen molar-refractivity contribution in [3.05, 3.63) is 36.5 Å². The van der Waals surface area contributed by atoms with E-state index < -0.39 is 0 Å². The van der Waals surface area contributed by atoms with E-state index in [1.54, 1.807) is 0 Å². The van der Waals surface area contributed by atoms with Gasteiger partial charge < -0.3 is 10.7 Å². The van der Waals surface area contributed by atoms with Crippen molar-refractivity contribution in [1.29, 1.82) is 0 Å². The Balaban J connectivity index is 1.43. The molecule has 1 amide bonds. The molecule has 0 spiro atoms. The molecular formula is C21H28N4OS. The second-order valence-electron chi connectivity index (χ2n) is 9.21. The van der Waals surface area contributed by atoms with Gasteiger partial charge in [0.25, 0.3) is 0 Å². The number of carbonyl (C=O) groups excluding carboxylic acids is 1. The quantitative estimate of drug-likeness (QED) is 0.643. The van der Waals surface area contributed by atoms with E-state index in [9.17, 15) is 4.79 Å². The Hall–Kier alpha value is -1.95. The zero-order valence-corrected chi connectivity index (χ0v) is 17.1. The summed E-state index contributed by atoms with van der Waals surface area (Å²) in [6.07, 6.45) is 5.24. The van der Waals surface area contributed by atoms with Gasteiger partial charge in [-0.3, -0.25) is 4.79 Å². The molecule has 2 atom stereocenters. The predicted octanol–water partition coefficient (Wildman–Crippen LogP) is 3.78. The van der Waals surface area contributed by atoms with Crippen LogP contribution in [0.4, 0.5) is 0 Å². The smallest absolute Gasteiger partial charge is 0.233 e. The number of nitrogens with zero attached hydrogens (tertiary/aromatic N) is 3. The molecule has 1 saturated heterocycles. The van der Waals surface area contributed by atoms with E-state index in [2.05, 4.69) is 30.7 Å². The Kier molecular flexibility index (Phi) is 4.49. The number of nitrogen functional groups attached to an aromatic ring is 1. The third kappa shape index (κ3) is 3.72. The van der Waals surface area contributed by atoms with E-state index in [1.807, 2.05) is 36.5 Å². The number of nitrogens with two attached hydrogens (primary N) is 1. The van der Waals surface area contributed by atoms with Crippen LogP contribution in [0, 0.1) is 10.8 Å². The van der Waals surface area contributed by atoms with Crippen LogP contribution in [0.1, 0.15) is 40.0 Å². The SMILES string of the molecule is CC1(C)C[C@@H]2C[C@@](C)(CN2C(=O)CSc2nc(-c3ccccc3)cn2N)C1. The molecular weight excluding hydrogens is 356 g/mol. The topological polar surface area (TPSA) is 64.2 Å². The van der Waals surface area contributed by atoms with Gasteiger partial charge in [-0.05, 0) is 30.1 Å². The van der Waals surface area contributed by atoms with Crippen LogP contribution in [0.15, 0.2) is 41.7 Å². The molecule has 2 aliphatic rings. The van der Waals surface area contributed by atoms with Crippen molar-refractivity contribution < 1.29 is 4.79 Å². The van der Waals surface area contributed by atoms with E-state index in [4.69, 9.17) is 5.84 Å². The standard InChI is InChI=1S/C21H28N4OS/c1-20(2)9-16-10-21(3,13-20)14-24(16)18(26)12-27-19-23-17(11-25(19)22)15-7-5-4-6-8-15/h4-8,11,16H,9-10,12-14,22H2,1-3H3/t16-,21-/m1/s1. The van der Waals surface area contributed by atoms with Crippen LogP contribution < -0.4 is 5.84 Å². The molecule has 2 N–H and O–H groups in total. The molecule has 2 fully saturated rings. The maximum absolute atomic E-state index is 12.9. The van der Waals surface area contributed by atoms with Gasteiger partial charge in [0, 0.05) is 18.2 Å². The fourth-order valence-corrected chi connectivity index (χ4v) is 5.98. The Morgan fingerprint density at radius 2 is 2.00 bits per heavy atom. The molecule has 1 aliphatic heterocycles. The molecule has 5 nitrogen and oxygen atoms in total. The summed E-state index contributed by atoms with van der Waals surface area (Å²) in [5.74, 6) is 6.66. The summed E-state index contributed by atoms with van der Waals surface area (Å²) in [6.45, 7) is 7.87. The maximum atomic E-state index is 12.9. The Morgan fingerprint density at radius 1 is 1.26 bits per heavy atom. The Morgan fingerprint density at radius 3 is 2.74 bits per heavy atom. The van der Waals surface area contributed by atoms with Crippen molar-refractivity contribution in [3.8, 4) is 11.3 Å². The third-order valence-corrected chi connectivity index (χ3v) is 6.78. The lowest BCUT2D eigenvalue weighted by atomic mass is 9.65. The van der Waals surface area contributed by atoms with Gasteiger partial charge in [0.15, 0.2) is 5.16 Å². The van der Waals surface area contributed by atoms with Crippen LogP contribution >= 0.6 is 11.8 Å².